The number of anilines is 1. The summed E-state index contributed by atoms with van der Waals surface area (Å²) in [6.45, 7) is 1.00. The fraction of sp³-hybridized carbons (Fsp3) is 0.227. The van der Waals surface area contributed by atoms with Crippen LogP contribution in [0, 0.1) is 0 Å². The molecular weight excluding hydrogens is 356 g/mol. The van der Waals surface area contributed by atoms with E-state index < -0.39 is 0 Å². The van der Waals surface area contributed by atoms with Crippen molar-refractivity contribution in [1.29, 1.82) is 0 Å². The Morgan fingerprint density at radius 1 is 1.07 bits per heavy atom. The zero-order valence-corrected chi connectivity index (χ0v) is 16.7. The lowest BCUT2D eigenvalue weighted by Gasteiger charge is -2.10. The molecule has 27 heavy (non-hydrogen) atoms. The average molecular weight is 381 g/mol. The lowest BCUT2D eigenvalue weighted by molar-refractivity contribution is 0.102. The standard InChI is InChI=1S/C22H24N2O2S/c1-24(2)14-13-16-9-11-18(12-10-16)23-22(25)21-19(26-3)15-20(27-21)17-7-5-4-6-8-17/h4-12,15H,13-14H2,1-3H3,(H,23,25). The zero-order chi connectivity index (χ0) is 19.2. The third-order valence-corrected chi connectivity index (χ3v) is 5.41. The highest BCUT2D eigenvalue weighted by Gasteiger charge is 2.18. The van der Waals surface area contributed by atoms with Crippen LogP contribution in [0.25, 0.3) is 10.4 Å². The van der Waals surface area contributed by atoms with Crippen molar-refractivity contribution in [3.05, 3.63) is 71.1 Å². The largest absolute Gasteiger partial charge is 0.495 e. The van der Waals surface area contributed by atoms with E-state index in [9.17, 15) is 4.79 Å². The van der Waals surface area contributed by atoms with Gasteiger partial charge in [-0.1, -0.05) is 42.5 Å². The number of benzene rings is 2. The summed E-state index contributed by atoms with van der Waals surface area (Å²) in [5.41, 5.74) is 3.11. The molecule has 5 heteroatoms. The first kappa shape index (κ1) is 19.1. The maximum absolute atomic E-state index is 12.8. The molecule has 0 aliphatic rings. The molecule has 1 amide bonds. The van der Waals surface area contributed by atoms with Crippen molar-refractivity contribution in [2.24, 2.45) is 0 Å². The van der Waals surface area contributed by atoms with Gasteiger partial charge in [-0.15, -0.1) is 11.3 Å². The minimum atomic E-state index is -0.153. The Bertz CT molecular complexity index is 886. The number of likely N-dealkylation sites (N-methyl/N-ethyl adjacent to an activating group) is 1. The molecule has 3 rings (SSSR count). The van der Waals surface area contributed by atoms with Crippen molar-refractivity contribution < 1.29 is 9.53 Å². The van der Waals surface area contributed by atoms with Crippen molar-refractivity contribution in [3.8, 4) is 16.2 Å². The Hall–Kier alpha value is -2.63. The summed E-state index contributed by atoms with van der Waals surface area (Å²) in [5.74, 6) is 0.444. The molecule has 4 nitrogen and oxygen atoms in total. The predicted molar refractivity (Wildman–Crippen MR) is 113 cm³/mol. The molecule has 1 heterocycles. The molecule has 1 aromatic heterocycles. The molecule has 0 atom stereocenters. The quantitative estimate of drug-likeness (QED) is 0.641. The van der Waals surface area contributed by atoms with Gasteiger partial charge in [-0.05, 0) is 49.8 Å². The van der Waals surface area contributed by atoms with E-state index in [4.69, 9.17) is 4.74 Å². The van der Waals surface area contributed by atoms with Gasteiger partial charge in [0.25, 0.3) is 5.91 Å². The fourth-order valence-electron chi connectivity index (χ4n) is 2.72. The van der Waals surface area contributed by atoms with Crippen LogP contribution < -0.4 is 10.1 Å². The molecule has 0 bridgehead atoms. The number of nitrogens with zero attached hydrogens (tertiary/aromatic N) is 1. The third-order valence-electron chi connectivity index (χ3n) is 4.24. The maximum Gasteiger partial charge on any atom is 0.269 e. The van der Waals surface area contributed by atoms with Crippen LogP contribution in [0.3, 0.4) is 0 Å². The lowest BCUT2D eigenvalue weighted by Crippen LogP contribution is -2.15. The topological polar surface area (TPSA) is 41.6 Å². The van der Waals surface area contributed by atoms with Gasteiger partial charge in [0.15, 0.2) is 0 Å². The minimum Gasteiger partial charge on any atom is -0.495 e. The summed E-state index contributed by atoms with van der Waals surface area (Å²) in [7, 11) is 5.71. The van der Waals surface area contributed by atoms with Crippen molar-refractivity contribution in [1.82, 2.24) is 4.90 Å². The smallest absolute Gasteiger partial charge is 0.269 e. The summed E-state index contributed by atoms with van der Waals surface area (Å²) >= 11 is 1.44. The maximum atomic E-state index is 12.8. The first-order valence-corrected chi connectivity index (χ1v) is 9.66. The van der Waals surface area contributed by atoms with Crippen molar-refractivity contribution in [2.75, 3.05) is 33.1 Å². The Morgan fingerprint density at radius 2 is 1.78 bits per heavy atom. The number of rotatable bonds is 7. The normalized spacial score (nSPS) is 10.8. The van der Waals surface area contributed by atoms with Gasteiger partial charge < -0.3 is 15.0 Å². The summed E-state index contributed by atoms with van der Waals surface area (Å²) in [6.07, 6.45) is 0.987. The van der Waals surface area contributed by atoms with Crippen LogP contribution in [-0.2, 0) is 6.42 Å². The molecular formula is C22H24N2O2S. The van der Waals surface area contributed by atoms with Crippen LogP contribution in [0.4, 0.5) is 5.69 Å². The molecule has 0 radical (unpaired) electrons. The Labute approximate surface area is 164 Å². The molecule has 0 saturated carbocycles. The van der Waals surface area contributed by atoms with E-state index in [2.05, 4.69) is 36.4 Å². The number of ether oxygens (including phenoxy) is 1. The molecule has 0 unspecified atom stereocenters. The second-order valence-electron chi connectivity index (χ2n) is 6.58. The molecule has 0 spiro atoms. The molecule has 3 aromatic rings. The zero-order valence-electron chi connectivity index (χ0n) is 15.9. The van der Waals surface area contributed by atoms with Crippen LogP contribution >= 0.6 is 11.3 Å². The lowest BCUT2D eigenvalue weighted by atomic mass is 10.1. The number of hydrogen-bond donors (Lipinski definition) is 1. The fourth-order valence-corrected chi connectivity index (χ4v) is 3.75. The van der Waals surface area contributed by atoms with Gasteiger partial charge in [-0.25, -0.2) is 0 Å². The molecule has 0 saturated heterocycles. The van der Waals surface area contributed by atoms with E-state index in [-0.39, 0.29) is 5.91 Å². The van der Waals surface area contributed by atoms with E-state index in [1.807, 2.05) is 48.5 Å². The highest BCUT2D eigenvalue weighted by Crippen LogP contribution is 2.36. The second kappa shape index (κ2) is 8.84. The average Bonchev–Trinajstić information content (AvgIpc) is 3.13. The molecule has 0 aliphatic carbocycles. The van der Waals surface area contributed by atoms with Crippen LogP contribution in [0.15, 0.2) is 60.7 Å². The number of carbonyl (C=O) groups excluding carboxylic acids is 1. The molecule has 2 aromatic carbocycles. The first-order chi connectivity index (χ1) is 13.1. The Morgan fingerprint density at radius 3 is 2.41 bits per heavy atom. The van der Waals surface area contributed by atoms with Crippen molar-refractivity contribution in [2.45, 2.75) is 6.42 Å². The minimum absolute atomic E-state index is 0.153. The Kier molecular flexibility index (Phi) is 6.27. The van der Waals surface area contributed by atoms with Crippen LogP contribution in [0.5, 0.6) is 5.75 Å². The number of nitrogens with one attached hydrogen (secondary N) is 1. The third kappa shape index (κ3) is 4.96. The number of carbonyl (C=O) groups is 1. The molecule has 1 N–H and O–H groups in total. The SMILES string of the molecule is COc1cc(-c2ccccc2)sc1C(=O)Nc1ccc(CCN(C)C)cc1. The summed E-state index contributed by atoms with van der Waals surface area (Å²) in [5, 5.41) is 2.97. The van der Waals surface area contributed by atoms with E-state index in [0.29, 0.717) is 10.6 Å². The van der Waals surface area contributed by atoms with E-state index in [0.717, 1.165) is 29.1 Å². The van der Waals surface area contributed by atoms with Gasteiger partial charge in [0, 0.05) is 17.1 Å². The predicted octanol–water partition coefficient (Wildman–Crippen LogP) is 4.78. The number of hydrogen-bond acceptors (Lipinski definition) is 4. The Balaban J connectivity index is 1.73. The molecule has 140 valence electrons. The summed E-state index contributed by atoms with van der Waals surface area (Å²) in [4.78, 5) is 16.5. The molecule has 0 fully saturated rings. The number of methoxy groups -OCH3 is 1. The van der Waals surface area contributed by atoms with E-state index in [1.54, 1.807) is 7.11 Å². The van der Waals surface area contributed by atoms with Gasteiger partial charge in [-0.3, -0.25) is 4.79 Å². The summed E-state index contributed by atoms with van der Waals surface area (Å²) < 4.78 is 5.42. The van der Waals surface area contributed by atoms with Gasteiger partial charge in [0.05, 0.1) is 7.11 Å². The van der Waals surface area contributed by atoms with Crippen molar-refractivity contribution >= 4 is 22.9 Å². The van der Waals surface area contributed by atoms with Crippen LogP contribution in [0.2, 0.25) is 0 Å². The number of thiophene rings is 1. The van der Waals surface area contributed by atoms with E-state index >= 15 is 0 Å². The first-order valence-electron chi connectivity index (χ1n) is 8.85. The van der Waals surface area contributed by atoms with Crippen molar-refractivity contribution in [3.63, 3.8) is 0 Å². The highest BCUT2D eigenvalue weighted by atomic mass is 32.1. The highest BCUT2D eigenvalue weighted by molar-refractivity contribution is 7.17. The summed E-state index contributed by atoms with van der Waals surface area (Å²) in [6, 6.07) is 19.9. The number of amides is 1. The van der Waals surface area contributed by atoms with Gasteiger partial charge in [-0.2, -0.15) is 0 Å². The van der Waals surface area contributed by atoms with Crippen LogP contribution in [0.1, 0.15) is 15.2 Å². The van der Waals surface area contributed by atoms with E-state index in [1.165, 1.54) is 16.9 Å². The second-order valence-corrected chi connectivity index (χ2v) is 7.63. The van der Waals surface area contributed by atoms with Gasteiger partial charge in [0.1, 0.15) is 10.6 Å². The van der Waals surface area contributed by atoms with Gasteiger partial charge >= 0.3 is 0 Å². The monoisotopic (exact) mass is 380 g/mol. The van der Waals surface area contributed by atoms with Gasteiger partial charge in [0.2, 0.25) is 0 Å². The van der Waals surface area contributed by atoms with Crippen LogP contribution in [-0.4, -0.2) is 38.6 Å². The molecule has 0 aliphatic heterocycles.